The van der Waals surface area contributed by atoms with Gasteiger partial charge in [-0.2, -0.15) is 0 Å². The summed E-state index contributed by atoms with van der Waals surface area (Å²) in [6, 6.07) is 23.6. The Morgan fingerprint density at radius 1 is 1.00 bits per heavy atom. The second-order valence-electron chi connectivity index (χ2n) is 7.57. The number of unbranched alkanes of at least 4 members (excludes halogenated alkanes) is 1. The van der Waals surface area contributed by atoms with Crippen LogP contribution in [-0.4, -0.2) is 17.1 Å². The van der Waals surface area contributed by atoms with Crippen molar-refractivity contribution in [3.05, 3.63) is 101 Å². The van der Waals surface area contributed by atoms with Crippen molar-refractivity contribution in [2.45, 2.75) is 26.3 Å². The van der Waals surface area contributed by atoms with E-state index >= 15 is 0 Å². The van der Waals surface area contributed by atoms with Gasteiger partial charge in [-0.15, -0.1) is 0 Å². The molecule has 1 heterocycles. The zero-order valence-corrected chi connectivity index (χ0v) is 18.0. The van der Waals surface area contributed by atoms with E-state index < -0.39 is 11.7 Å². The van der Waals surface area contributed by atoms with Crippen molar-refractivity contribution >= 4 is 22.8 Å². The third-order valence-corrected chi connectivity index (χ3v) is 5.25. The summed E-state index contributed by atoms with van der Waals surface area (Å²) in [5.74, 6) is -0.492. The number of benzene rings is 3. The summed E-state index contributed by atoms with van der Waals surface area (Å²) in [7, 11) is 0. The Hall–Kier alpha value is -3.86. The standard InChI is InChI=1S/C27H25NO4/c1-2-3-17-31-25(29)16-15-24-26(23-14-13-21-11-7-8-12-22(21)18-23)32-27(30)28(24)19-20-9-5-4-6-10-20/h4-16,18H,2-3,17,19H2,1H3/b16-15+. The van der Waals surface area contributed by atoms with Crippen LogP contribution in [0.15, 0.2) is 88.1 Å². The maximum atomic E-state index is 12.8. The minimum atomic E-state index is -0.476. The highest BCUT2D eigenvalue weighted by Crippen LogP contribution is 2.28. The van der Waals surface area contributed by atoms with E-state index in [1.807, 2.05) is 79.7 Å². The van der Waals surface area contributed by atoms with Gasteiger partial charge in [0.05, 0.1) is 18.8 Å². The van der Waals surface area contributed by atoms with Crippen LogP contribution >= 0.6 is 0 Å². The molecule has 5 heteroatoms. The molecule has 32 heavy (non-hydrogen) atoms. The Morgan fingerprint density at radius 2 is 1.75 bits per heavy atom. The van der Waals surface area contributed by atoms with Crippen LogP contribution in [0.4, 0.5) is 0 Å². The molecule has 4 aromatic rings. The van der Waals surface area contributed by atoms with Gasteiger partial charge in [-0.1, -0.05) is 80.1 Å². The van der Waals surface area contributed by atoms with E-state index in [0.29, 0.717) is 24.6 Å². The minimum absolute atomic E-state index is 0.335. The van der Waals surface area contributed by atoms with Crippen molar-refractivity contribution in [2.24, 2.45) is 0 Å². The van der Waals surface area contributed by atoms with Gasteiger partial charge >= 0.3 is 11.7 Å². The predicted molar refractivity (Wildman–Crippen MR) is 126 cm³/mol. The van der Waals surface area contributed by atoms with Gasteiger partial charge in [-0.25, -0.2) is 9.59 Å². The highest BCUT2D eigenvalue weighted by Gasteiger charge is 2.17. The van der Waals surface area contributed by atoms with E-state index in [0.717, 1.165) is 34.7 Å². The molecule has 0 aliphatic carbocycles. The summed E-state index contributed by atoms with van der Waals surface area (Å²) >= 11 is 0. The fraction of sp³-hybridized carbons (Fsp3) is 0.185. The van der Waals surface area contributed by atoms with Crippen LogP contribution in [0.1, 0.15) is 31.0 Å². The number of oxazole rings is 1. The molecule has 0 N–H and O–H groups in total. The number of aromatic nitrogens is 1. The average molecular weight is 428 g/mol. The van der Waals surface area contributed by atoms with Crippen LogP contribution < -0.4 is 5.76 Å². The summed E-state index contributed by atoms with van der Waals surface area (Å²) in [5, 5.41) is 2.14. The van der Waals surface area contributed by atoms with Crippen LogP contribution in [-0.2, 0) is 16.1 Å². The number of fused-ring (bicyclic) bond motifs is 1. The van der Waals surface area contributed by atoms with E-state index in [2.05, 4.69) is 0 Å². The highest BCUT2D eigenvalue weighted by molar-refractivity contribution is 5.90. The normalized spacial score (nSPS) is 11.3. The van der Waals surface area contributed by atoms with Gasteiger partial charge in [0.1, 0.15) is 0 Å². The molecule has 0 atom stereocenters. The van der Waals surface area contributed by atoms with E-state index in [1.165, 1.54) is 10.6 Å². The lowest BCUT2D eigenvalue weighted by atomic mass is 10.0. The average Bonchev–Trinajstić information content (AvgIpc) is 3.13. The number of ether oxygens (including phenoxy) is 1. The van der Waals surface area contributed by atoms with Crippen LogP contribution in [0, 0.1) is 0 Å². The quantitative estimate of drug-likeness (QED) is 0.207. The number of rotatable bonds is 8. The third-order valence-electron chi connectivity index (χ3n) is 5.25. The molecule has 0 spiro atoms. The van der Waals surface area contributed by atoms with Crippen molar-refractivity contribution in [3.8, 4) is 11.3 Å². The largest absolute Gasteiger partial charge is 0.463 e. The molecule has 0 aliphatic rings. The molecule has 0 saturated heterocycles. The molecular formula is C27H25NO4. The van der Waals surface area contributed by atoms with Crippen LogP contribution in [0.5, 0.6) is 0 Å². The van der Waals surface area contributed by atoms with Gasteiger partial charge < -0.3 is 9.15 Å². The summed E-state index contributed by atoms with van der Waals surface area (Å²) in [5.41, 5.74) is 2.26. The summed E-state index contributed by atoms with van der Waals surface area (Å²) in [6.07, 6.45) is 4.71. The van der Waals surface area contributed by atoms with E-state index in [4.69, 9.17) is 9.15 Å². The Labute approximate surface area is 186 Å². The van der Waals surface area contributed by atoms with Gasteiger partial charge in [-0.3, -0.25) is 4.57 Å². The van der Waals surface area contributed by atoms with Crippen molar-refractivity contribution < 1.29 is 13.9 Å². The van der Waals surface area contributed by atoms with Gasteiger partial charge in [-0.05, 0) is 34.9 Å². The Bertz CT molecular complexity index is 1300. The van der Waals surface area contributed by atoms with E-state index in [1.54, 1.807) is 6.08 Å². The first-order valence-electron chi connectivity index (χ1n) is 10.8. The van der Waals surface area contributed by atoms with Crippen LogP contribution in [0.25, 0.3) is 28.2 Å². The third kappa shape index (κ3) is 4.89. The molecule has 3 aromatic carbocycles. The molecule has 0 bridgehead atoms. The monoisotopic (exact) mass is 427 g/mol. The number of nitrogens with zero attached hydrogens (tertiary/aromatic N) is 1. The second kappa shape index (κ2) is 9.96. The highest BCUT2D eigenvalue weighted by atomic mass is 16.5. The van der Waals surface area contributed by atoms with Gasteiger partial charge in [0.15, 0.2) is 5.76 Å². The SMILES string of the molecule is CCCCOC(=O)/C=C/c1c(-c2ccc3ccccc3c2)oc(=O)n1Cc1ccccc1. The number of hydrogen-bond donors (Lipinski definition) is 0. The fourth-order valence-corrected chi connectivity index (χ4v) is 3.55. The maximum absolute atomic E-state index is 12.8. The first-order valence-corrected chi connectivity index (χ1v) is 10.8. The van der Waals surface area contributed by atoms with E-state index in [9.17, 15) is 9.59 Å². The summed E-state index contributed by atoms with van der Waals surface area (Å²) < 4.78 is 12.5. The molecule has 0 saturated carbocycles. The van der Waals surface area contributed by atoms with Gasteiger partial charge in [0, 0.05) is 11.6 Å². The van der Waals surface area contributed by atoms with Crippen LogP contribution in [0.3, 0.4) is 0 Å². The molecule has 0 unspecified atom stereocenters. The second-order valence-corrected chi connectivity index (χ2v) is 7.57. The fourth-order valence-electron chi connectivity index (χ4n) is 3.55. The topological polar surface area (TPSA) is 61.4 Å². The summed E-state index contributed by atoms with van der Waals surface area (Å²) in [6.45, 7) is 2.74. The molecule has 0 radical (unpaired) electrons. The Morgan fingerprint density at radius 3 is 2.53 bits per heavy atom. The Kier molecular flexibility index (Phi) is 6.66. The first kappa shape index (κ1) is 21.4. The maximum Gasteiger partial charge on any atom is 0.420 e. The molecule has 0 aliphatic heterocycles. The smallest absolute Gasteiger partial charge is 0.420 e. The van der Waals surface area contributed by atoms with Crippen molar-refractivity contribution in [1.29, 1.82) is 0 Å². The summed E-state index contributed by atoms with van der Waals surface area (Å²) in [4.78, 5) is 25.0. The first-order chi connectivity index (χ1) is 15.7. The molecule has 162 valence electrons. The lowest BCUT2D eigenvalue weighted by Gasteiger charge is -2.06. The number of carbonyl (C=O) groups excluding carboxylic acids is 1. The zero-order chi connectivity index (χ0) is 22.3. The number of hydrogen-bond acceptors (Lipinski definition) is 4. The zero-order valence-electron chi connectivity index (χ0n) is 18.0. The van der Waals surface area contributed by atoms with E-state index in [-0.39, 0.29) is 0 Å². The van der Waals surface area contributed by atoms with Gasteiger partial charge in [0.2, 0.25) is 0 Å². The molecule has 5 nitrogen and oxygen atoms in total. The minimum Gasteiger partial charge on any atom is -0.463 e. The molecule has 1 aromatic heterocycles. The molecule has 4 rings (SSSR count). The molecule has 0 amide bonds. The number of esters is 1. The van der Waals surface area contributed by atoms with Crippen molar-refractivity contribution in [1.82, 2.24) is 4.57 Å². The van der Waals surface area contributed by atoms with Gasteiger partial charge in [0.25, 0.3) is 0 Å². The Balaban J connectivity index is 1.75. The van der Waals surface area contributed by atoms with Crippen molar-refractivity contribution in [3.63, 3.8) is 0 Å². The molecule has 0 fully saturated rings. The number of carbonyl (C=O) groups is 1. The van der Waals surface area contributed by atoms with Crippen molar-refractivity contribution in [2.75, 3.05) is 6.61 Å². The lowest BCUT2D eigenvalue weighted by molar-refractivity contribution is -0.137. The van der Waals surface area contributed by atoms with Crippen LogP contribution in [0.2, 0.25) is 0 Å². The lowest BCUT2D eigenvalue weighted by Crippen LogP contribution is -2.16. The predicted octanol–water partition coefficient (Wildman–Crippen LogP) is 5.67. The molecular weight excluding hydrogens is 402 g/mol.